The van der Waals surface area contributed by atoms with E-state index in [4.69, 9.17) is 19.9 Å². The highest BCUT2D eigenvalue weighted by Gasteiger charge is 2.13. The minimum absolute atomic E-state index is 0.182. The molecule has 0 saturated carbocycles. The summed E-state index contributed by atoms with van der Waals surface area (Å²) in [5, 5.41) is 0. The molecule has 0 saturated heterocycles. The van der Waals surface area contributed by atoms with Gasteiger partial charge in [-0.15, -0.1) is 0 Å². The van der Waals surface area contributed by atoms with E-state index < -0.39 is 0 Å². The van der Waals surface area contributed by atoms with Crippen LogP contribution in [-0.2, 0) is 24.5 Å². The molecule has 0 unspecified atom stereocenters. The number of halogens is 1. The molecule has 0 bridgehead atoms. The minimum Gasteiger partial charge on any atom is -0.454 e. The lowest BCUT2D eigenvalue weighted by molar-refractivity contribution is 0.104. The highest BCUT2D eigenvalue weighted by atomic mass is 19.1. The van der Waals surface area contributed by atoms with Gasteiger partial charge in [0.15, 0.2) is 11.5 Å². The maximum atomic E-state index is 14.0. The molecular weight excluding hydrogens is 273 g/mol. The molecular formula is C16H16FNO3. The van der Waals surface area contributed by atoms with Crippen LogP contribution in [0.15, 0.2) is 36.4 Å². The van der Waals surface area contributed by atoms with Crippen molar-refractivity contribution >= 4 is 0 Å². The molecule has 2 aromatic carbocycles. The lowest BCUT2D eigenvalue weighted by Crippen LogP contribution is -2.04. The smallest absolute Gasteiger partial charge is 0.231 e. The number of fused-ring (bicyclic) bond motifs is 1. The van der Waals surface area contributed by atoms with Gasteiger partial charge in [-0.05, 0) is 17.7 Å². The van der Waals surface area contributed by atoms with E-state index in [9.17, 15) is 4.39 Å². The first kappa shape index (κ1) is 13.9. The van der Waals surface area contributed by atoms with Crippen LogP contribution in [0.5, 0.6) is 11.5 Å². The number of benzene rings is 2. The third-order valence-corrected chi connectivity index (χ3v) is 3.34. The fourth-order valence-corrected chi connectivity index (χ4v) is 2.21. The molecule has 1 aliphatic rings. The quantitative estimate of drug-likeness (QED) is 0.919. The van der Waals surface area contributed by atoms with Crippen molar-refractivity contribution in [3.8, 4) is 11.5 Å². The molecule has 1 heterocycles. The van der Waals surface area contributed by atoms with Crippen LogP contribution < -0.4 is 15.2 Å². The predicted octanol–water partition coefficient (Wildman–Crippen LogP) is 2.73. The molecule has 110 valence electrons. The standard InChI is InChI=1S/C16H16FNO3/c17-16-12(7-18)2-1-3-13(16)9-19-8-11-4-5-14-15(6-11)21-10-20-14/h1-6H,7-10,18H2. The van der Waals surface area contributed by atoms with Crippen molar-refractivity contribution < 1.29 is 18.6 Å². The third kappa shape index (κ3) is 2.99. The Balaban J connectivity index is 1.61. The van der Waals surface area contributed by atoms with Gasteiger partial charge in [0.1, 0.15) is 5.82 Å². The molecule has 0 aromatic heterocycles. The Hall–Kier alpha value is -2.11. The van der Waals surface area contributed by atoms with E-state index in [1.807, 2.05) is 18.2 Å². The van der Waals surface area contributed by atoms with E-state index in [2.05, 4.69) is 0 Å². The van der Waals surface area contributed by atoms with Gasteiger partial charge in [-0.3, -0.25) is 0 Å². The topological polar surface area (TPSA) is 53.7 Å². The van der Waals surface area contributed by atoms with Crippen molar-refractivity contribution in [3.05, 3.63) is 58.9 Å². The molecule has 0 amide bonds. The second kappa shape index (κ2) is 6.11. The van der Waals surface area contributed by atoms with Crippen molar-refractivity contribution in [1.29, 1.82) is 0 Å². The Morgan fingerprint density at radius 2 is 1.86 bits per heavy atom. The second-order valence-corrected chi connectivity index (χ2v) is 4.77. The monoisotopic (exact) mass is 289 g/mol. The van der Waals surface area contributed by atoms with Crippen molar-refractivity contribution in [2.45, 2.75) is 19.8 Å². The molecule has 4 nitrogen and oxygen atoms in total. The first-order chi connectivity index (χ1) is 10.3. The van der Waals surface area contributed by atoms with E-state index in [0.717, 1.165) is 11.3 Å². The molecule has 1 aliphatic heterocycles. The normalized spacial score (nSPS) is 12.7. The highest BCUT2D eigenvalue weighted by Crippen LogP contribution is 2.32. The lowest BCUT2D eigenvalue weighted by atomic mass is 10.1. The molecule has 0 atom stereocenters. The van der Waals surface area contributed by atoms with Crippen molar-refractivity contribution in [1.82, 2.24) is 0 Å². The van der Waals surface area contributed by atoms with Gasteiger partial charge in [0.25, 0.3) is 0 Å². The SMILES string of the molecule is NCc1cccc(COCc2ccc3c(c2)OCO3)c1F. The summed E-state index contributed by atoms with van der Waals surface area (Å²) in [7, 11) is 0. The Labute approximate surface area is 122 Å². The maximum absolute atomic E-state index is 14.0. The fourth-order valence-electron chi connectivity index (χ4n) is 2.21. The van der Waals surface area contributed by atoms with Gasteiger partial charge in [0.05, 0.1) is 13.2 Å². The minimum atomic E-state index is -0.286. The summed E-state index contributed by atoms with van der Waals surface area (Å²) in [5.41, 5.74) is 7.45. The zero-order valence-electron chi connectivity index (χ0n) is 11.5. The van der Waals surface area contributed by atoms with Gasteiger partial charge in [0, 0.05) is 17.7 Å². The molecule has 0 aliphatic carbocycles. The summed E-state index contributed by atoms with van der Waals surface area (Å²) in [6.45, 7) is 1.01. The van der Waals surface area contributed by atoms with Crippen LogP contribution in [-0.4, -0.2) is 6.79 Å². The van der Waals surface area contributed by atoms with E-state index in [-0.39, 0.29) is 25.8 Å². The number of hydrogen-bond donors (Lipinski definition) is 1. The van der Waals surface area contributed by atoms with Gasteiger partial charge >= 0.3 is 0 Å². The summed E-state index contributed by atoms with van der Waals surface area (Å²) < 4.78 is 30.1. The summed E-state index contributed by atoms with van der Waals surface area (Å²) in [6, 6.07) is 10.8. The van der Waals surface area contributed by atoms with Crippen LogP contribution in [0.3, 0.4) is 0 Å². The average molecular weight is 289 g/mol. The zero-order valence-corrected chi connectivity index (χ0v) is 11.5. The summed E-state index contributed by atoms with van der Waals surface area (Å²) in [5.74, 6) is 1.17. The van der Waals surface area contributed by atoms with E-state index in [1.165, 1.54) is 0 Å². The van der Waals surface area contributed by atoms with Gasteiger partial charge in [-0.1, -0.05) is 24.3 Å². The van der Waals surface area contributed by atoms with Gasteiger partial charge in [-0.2, -0.15) is 0 Å². The first-order valence-corrected chi connectivity index (χ1v) is 6.70. The van der Waals surface area contributed by atoms with Crippen molar-refractivity contribution in [2.24, 2.45) is 5.73 Å². The van der Waals surface area contributed by atoms with Crippen LogP contribution in [0.25, 0.3) is 0 Å². The third-order valence-electron chi connectivity index (χ3n) is 3.34. The number of nitrogens with two attached hydrogens (primary N) is 1. The predicted molar refractivity (Wildman–Crippen MR) is 75.3 cm³/mol. The number of ether oxygens (including phenoxy) is 3. The molecule has 21 heavy (non-hydrogen) atoms. The van der Waals surface area contributed by atoms with E-state index in [1.54, 1.807) is 18.2 Å². The Morgan fingerprint density at radius 1 is 1.05 bits per heavy atom. The van der Waals surface area contributed by atoms with E-state index >= 15 is 0 Å². The summed E-state index contributed by atoms with van der Waals surface area (Å²) >= 11 is 0. The molecule has 2 N–H and O–H groups in total. The lowest BCUT2D eigenvalue weighted by Gasteiger charge is -2.08. The van der Waals surface area contributed by atoms with Gasteiger partial charge < -0.3 is 19.9 Å². The largest absolute Gasteiger partial charge is 0.454 e. The van der Waals surface area contributed by atoms with Crippen LogP contribution in [0, 0.1) is 5.82 Å². The molecule has 2 aromatic rings. The summed E-state index contributed by atoms with van der Waals surface area (Å²) in [6.07, 6.45) is 0. The van der Waals surface area contributed by atoms with Crippen LogP contribution in [0.1, 0.15) is 16.7 Å². The molecule has 5 heteroatoms. The highest BCUT2D eigenvalue weighted by molar-refractivity contribution is 5.44. The maximum Gasteiger partial charge on any atom is 0.231 e. The van der Waals surface area contributed by atoms with Gasteiger partial charge in [0.2, 0.25) is 6.79 Å². The number of rotatable bonds is 5. The van der Waals surface area contributed by atoms with Gasteiger partial charge in [-0.25, -0.2) is 4.39 Å². The molecule has 3 rings (SSSR count). The first-order valence-electron chi connectivity index (χ1n) is 6.70. The zero-order chi connectivity index (χ0) is 14.7. The van der Waals surface area contributed by atoms with Crippen molar-refractivity contribution in [3.63, 3.8) is 0 Å². The second-order valence-electron chi connectivity index (χ2n) is 4.77. The molecule has 0 fully saturated rings. The molecule has 0 spiro atoms. The average Bonchev–Trinajstić information content (AvgIpc) is 2.96. The van der Waals surface area contributed by atoms with Crippen LogP contribution in [0.4, 0.5) is 4.39 Å². The van der Waals surface area contributed by atoms with Crippen LogP contribution in [0.2, 0.25) is 0 Å². The Bertz CT molecular complexity index is 645. The molecule has 0 radical (unpaired) electrons. The fraction of sp³-hybridized carbons (Fsp3) is 0.250. The van der Waals surface area contributed by atoms with Crippen LogP contribution >= 0.6 is 0 Å². The Morgan fingerprint density at radius 3 is 2.71 bits per heavy atom. The van der Waals surface area contributed by atoms with Crippen molar-refractivity contribution in [2.75, 3.05) is 6.79 Å². The summed E-state index contributed by atoms with van der Waals surface area (Å²) in [4.78, 5) is 0. The van der Waals surface area contributed by atoms with E-state index in [0.29, 0.717) is 23.5 Å². The number of hydrogen-bond acceptors (Lipinski definition) is 4. The Kier molecular flexibility index (Phi) is 4.03.